The number of rotatable bonds is 6. The lowest BCUT2D eigenvalue weighted by molar-refractivity contribution is 0.188. The molecule has 0 aliphatic carbocycles. The highest BCUT2D eigenvalue weighted by Gasteiger charge is 2.25. The Bertz CT molecular complexity index is 672. The minimum Gasteiger partial charge on any atom is -0.492 e. The summed E-state index contributed by atoms with van der Waals surface area (Å²) in [6, 6.07) is 8.14. The van der Waals surface area contributed by atoms with Crippen LogP contribution in [0.25, 0.3) is 11.1 Å². The molecule has 2 atom stereocenters. The minimum atomic E-state index is 0.0596. The second-order valence-corrected chi connectivity index (χ2v) is 6.00. The van der Waals surface area contributed by atoms with Crippen molar-refractivity contribution in [3.05, 3.63) is 42.2 Å². The molecule has 0 bridgehead atoms. The molecule has 2 heterocycles. The van der Waals surface area contributed by atoms with Gasteiger partial charge >= 0.3 is 0 Å². The highest BCUT2D eigenvalue weighted by Crippen LogP contribution is 2.44. The Morgan fingerprint density at radius 2 is 2.13 bits per heavy atom. The number of nitrogens with zero attached hydrogens (tertiary/aromatic N) is 1. The Kier molecular flexibility index (Phi) is 4.82. The second kappa shape index (κ2) is 7.01. The molecule has 2 aromatic rings. The molecule has 0 saturated heterocycles. The van der Waals surface area contributed by atoms with Crippen LogP contribution in [-0.2, 0) is 0 Å². The second-order valence-electron chi connectivity index (χ2n) is 6.00. The predicted molar refractivity (Wildman–Crippen MR) is 91.7 cm³/mol. The Balaban J connectivity index is 1.90. The third-order valence-corrected chi connectivity index (χ3v) is 4.25. The van der Waals surface area contributed by atoms with Crippen molar-refractivity contribution in [2.24, 2.45) is 5.73 Å². The van der Waals surface area contributed by atoms with Gasteiger partial charge in [0.2, 0.25) is 0 Å². The normalized spacial score (nSPS) is 16.9. The number of fused-ring (bicyclic) bond motifs is 3. The van der Waals surface area contributed by atoms with Crippen molar-refractivity contribution in [2.75, 3.05) is 6.61 Å². The Labute approximate surface area is 137 Å². The summed E-state index contributed by atoms with van der Waals surface area (Å²) in [4.78, 5) is 4.26. The third-order valence-electron chi connectivity index (χ3n) is 4.25. The van der Waals surface area contributed by atoms with Crippen LogP contribution in [0.4, 0.5) is 0 Å². The molecule has 122 valence electrons. The number of hydrogen-bond acceptors (Lipinski definition) is 4. The van der Waals surface area contributed by atoms with Gasteiger partial charge in [0, 0.05) is 35.6 Å². The molecule has 1 aliphatic heterocycles. The van der Waals surface area contributed by atoms with Gasteiger partial charge in [-0.1, -0.05) is 20.3 Å². The van der Waals surface area contributed by atoms with Crippen LogP contribution in [0, 0.1) is 0 Å². The van der Waals surface area contributed by atoms with Crippen molar-refractivity contribution in [3.8, 4) is 22.6 Å². The van der Waals surface area contributed by atoms with Crippen LogP contribution in [-0.4, -0.2) is 17.6 Å². The first-order valence-electron chi connectivity index (χ1n) is 8.36. The van der Waals surface area contributed by atoms with Gasteiger partial charge in [-0.3, -0.25) is 4.98 Å². The molecule has 1 aromatic heterocycles. The summed E-state index contributed by atoms with van der Waals surface area (Å²) in [5.74, 6) is 1.69. The SMILES string of the molecule is CCCC1Oc2cc(OCC(N)CC)ccc2-c2ccncc21. The summed E-state index contributed by atoms with van der Waals surface area (Å²) in [6.45, 7) is 4.75. The van der Waals surface area contributed by atoms with E-state index in [4.69, 9.17) is 15.2 Å². The first-order chi connectivity index (χ1) is 11.2. The highest BCUT2D eigenvalue weighted by molar-refractivity contribution is 5.76. The van der Waals surface area contributed by atoms with Crippen molar-refractivity contribution in [1.82, 2.24) is 4.98 Å². The van der Waals surface area contributed by atoms with Gasteiger partial charge < -0.3 is 15.2 Å². The van der Waals surface area contributed by atoms with Gasteiger partial charge in [0.05, 0.1) is 0 Å². The Morgan fingerprint density at radius 3 is 2.91 bits per heavy atom. The molecular formula is C19H24N2O2. The Hall–Kier alpha value is -2.07. The van der Waals surface area contributed by atoms with E-state index in [9.17, 15) is 0 Å². The van der Waals surface area contributed by atoms with Gasteiger partial charge in [0.25, 0.3) is 0 Å². The van der Waals surface area contributed by atoms with Gasteiger partial charge in [-0.15, -0.1) is 0 Å². The van der Waals surface area contributed by atoms with Gasteiger partial charge in [0.15, 0.2) is 0 Å². The van der Waals surface area contributed by atoms with Crippen LogP contribution in [0.5, 0.6) is 11.5 Å². The summed E-state index contributed by atoms with van der Waals surface area (Å²) in [7, 11) is 0. The first kappa shape index (κ1) is 15.8. The summed E-state index contributed by atoms with van der Waals surface area (Å²) >= 11 is 0. The highest BCUT2D eigenvalue weighted by atomic mass is 16.5. The first-order valence-corrected chi connectivity index (χ1v) is 8.36. The van der Waals surface area contributed by atoms with E-state index in [0.29, 0.717) is 6.61 Å². The smallest absolute Gasteiger partial charge is 0.131 e. The molecule has 0 amide bonds. The van der Waals surface area contributed by atoms with E-state index >= 15 is 0 Å². The number of benzene rings is 1. The summed E-state index contributed by atoms with van der Waals surface area (Å²) in [5.41, 5.74) is 9.39. The molecular weight excluding hydrogens is 288 g/mol. The molecule has 0 spiro atoms. The van der Waals surface area contributed by atoms with Crippen LogP contribution >= 0.6 is 0 Å². The molecule has 1 aliphatic rings. The molecule has 0 fully saturated rings. The quantitative estimate of drug-likeness (QED) is 0.872. The van der Waals surface area contributed by atoms with Gasteiger partial charge in [-0.25, -0.2) is 0 Å². The minimum absolute atomic E-state index is 0.0596. The average molecular weight is 312 g/mol. The number of pyridine rings is 1. The van der Waals surface area contributed by atoms with E-state index in [1.807, 2.05) is 24.5 Å². The van der Waals surface area contributed by atoms with E-state index in [1.54, 1.807) is 0 Å². The molecule has 4 nitrogen and oxygen atoms in total. The maximum Gasteiger partial charge on any atom is 0.131 e. The molecule has 2 unspecified atom stereocenters. The monoisotopic (exact) mass is 312 g/mol. The Morgan fingerprint density at radius 1 is 1.26 bits per heavy atom. The lowest BCUT2D eigenvalue weighted by atomic mass is 9.93. The van der Waals surface area contributed by atoms with E-state index in [0.717, 1.165) is 36.3 Å². The summed E-state index contributed by atoms with van der Waals surface area (Å²) in [6.07, 6.45) is 6.76. The van der Waals surface area contributed by atoms with Crippen molar-refractivity contribution in [2.45, 2.75) is 45.3 Å². The van der Waals surface area contributed by atoms with Gasteiger partial charge in [-0.2, -0.15) is 0 Å². The van der Waals surface area contributed by atoms with Gasteiger partial charge in [-0.05, 0) is 36.6 Å². The van der Waals surface area contributed by atoms with Crippen molar-refractivity contribution < 1.29 is 9.47 Å². The van der Waals surface area contributed by atoms with Gasteiger partial charge in [0.1, 0.15) is 24.2 Å². The third kappa shape index (κ3) is 3.32. The molecule has 3 rings (SSSR count). The molecule has 1 aromatic carbocycles. The van der Waals surface area contributed by atoms with Crippen molar-refractivity contribution in [1.29, 1.82) is 0 Å². The fourth-order valence-electron chi connectivity index (χ4n) is 2.84. The van der Waals surface area contributed by atoms with Crippen LogP contribution in [0.1, 0.15) is 44.8 Å². The number of ether oxygens (including phenoxy) is 2. The molecule has 23 heavy (non-hydrogen) atoms. The fourth-order valence-corrected chi connectivity index (χ4v) is 2.84. The lowest BCUT2D eigenvalue weighted by Gasteiger charge is -2.28. The van der Waals surface area contributed by atoms with E-state index in [2.05, 4.69) is 31.0 Å². The van der Waals surface area contributed by atoms with E-state index in [-0.39, 0.29) is 12.1 Å². The molecule has 0 saturated carbocycles. The number of aromatic nitrogens is 1. The van der Waals surface area contributed by atoms with Crippen molar-refractivity contribution >= 4 is 0 Å². The lowest BCUT2D eigenvalue weighted by Crippen LogP contribution is -2.26. The topological polar surface area (TPSA) is 57.4 Å². The average Bonchev–Trinajstić information content (AvgIpc) is 2.59. The van der Waals surface area contributed by atoms with E-state index < -0.39 is 0 Å². The van der Waals surface area contributed by atoms with Crippen molar-refractivity contribution in [3.63, 3.8) is 0 Å². The van der Waals surface area contributed by atoms with E-state index in [1.165, 1.54) is 11.1 Å². The van der Waals surface area contributed by atoms with Crippen LogP contribution < -0.4 is 15.2 Å². The largest absolute Gasteiger partial charge is 0.492 e. The predicted octanol–water partition coefficient (Wildman–Crippen LogP) is 4.10. The van der Waals surface area contributed by atoms with Crippen LogP contribution in [0.15, 0.2) is 36.7 Å². The summed E-state index contributed by atoms with van der Waals surface area (Å²) in [5, 5.41) is 0. The van der Waals surface area contributed by atoms with Crippen LogP contribution in [0.2, 0.25) is 0 Å². The maximum atomic E-state index is 6.22. The zero-order valence-corrected chi connectivity index (χ0v) is 13.8. The zero-order chi connectivity index (χ0) is 16.2. The maximum absolute atomic E-state index is 6.22. The standard InChI is InChI=1S/C19H24N2O2/c1-3-5-18-17-11-21-9-8-15(17)16-7-6-14(10-19(16)23-18)22-12-13(20)4-2/h6-11,13,18H,3-5,12,20H2,1-2H3. The zero-order valence-electron chi connectivity index (χ0n) is 13.8. The summed E-state index contributed by atoms with van der Waals surface area (Å²) < 4.78 is 12.0. The fraction of sp³-hybridized carbons (Fsp3) is 0.421. The number of nitrogens with two attached hydrogens (primary N) is 1. The molecule has 2 N–H and O–H groups in total. The van der Waals surface area contributed by atoms with Crippen LogP contribution in [0.3, 0.4) is 0 Å². The number of hydrogen-bond donors (Lipinski definition) is 1. The molecule has 0 radical (unpaired) electrons. The molecule has 4 heteroatoms.